The number of hydrogen-bond acceptors (Lipinski definition) is 8. The number of amides is 1. The van der Waals surface area contributed by atoms with Gasteiger partial charge in [-0.25, -0.2) is 4.98 Å². The molecule has 3 aliphatic rings. The van der Waals surface area contributed by atoms with E-state index < -0.39 is 0 Å². The fourth-order valence-corrected chi connectivity index (χ4v) is 5.68. The predicted octanol–water partition coefficient (Wildman–Crippen LogP) is 2.78. The molecule has 3 aliphatic heterocycles. The number of piperazine rings is 1. The van der Waals surface area contributed by atoms with Crippen LogP contribution < -0.4 is 15.0 Å². The molecule has 3 aromatic rings. The van der Waals surface area contributed by atoms with Crippen molar-refractivity contribution in [3.63, 3.8) is 0 Å². The van der Waals surface area contributed by atoms with Gasteiger partial charge in [-0.15, -0.1) is 11.3 Å². The molecule has 9 heteroatoms. The minimum Gasteiger partial charge on any atom is -0.489 e. The third-order valence-electron chi connectivity index (χ3n) is 7.24. The lowest BCUT2D eigenvalue weighted by Gasteiger charge is -2.43. The largest absolute Gasteiger partial charge is 0.489 e. The number of fused-ring (bicyclic) bond motifs is 1. The first-order valence-corrected chi connectivity index (χ1v) is 12.9. The lowest BCUT2D eigenvalue weighted by Crippen LogP contribution is -2.56. The molecule has 34 heavy (non-hydrogen) atoms. The molecule has 2 atom stereocenters. The van der Waals surface area contributed by atoms with Crippen LogP contribution in [-0.4, -0.2) is 78.9 Å². The first-order valence-electron chi connectivity index (χ1n) is 12.0. The van der Waals surface area contributed by atoms with Gasteiger partial charge in [0.05, 0.1) is 52.6 Å². The number of thiazole rings is 1. The van der Waals surface area contributed by atoms with Crippen LogP contribution in [0, 0.1) is 5.92 Å². The van der Waals surface area contributed by atoms with Crippen LogP contribution in [0.25, 0.3) is 21.5 Å². The van der Waals surface area contributed by atoms with Crippen LogP contribution in [0.15, 0.2) is 36.0 Å². The fourth-order valence-electron chi connectivity index (χ4n) is 4.95. The lowest BCUT2D eigenvalue weighted by atomic mass is 10.0. The zero-order chi connectivity index (χ0) is 23.1. The standard InChI is InChI=1S/C25H29N5O3S/c1-16(18-10-24(31)27-11-18)33-23-9-17(8-22-25(23)34-15-28-22)21-3-2-19(12-26-21)29-4-6-30(7-5-29)20-13-32-14-20/h2-3,8-9,12,15-16,18,20H,4-7,10-11,13-14H2,1H3,(H,27,31)/t16-,18?/m1/s1. The van der Waals surface area contributed by atoms with Crippen LogP contribution in [0.4, 0.5) is 5.69 Å². The Morgan fingerprint density at radius 3 is 2.71 bits per heavy atom. The molecule has 0 bridgehead atoms. The summed E-state index contributed by atoms with van der Waals surface area (Å²) in [6.07, 6.45) is 2.42. The zero-order valence-corrected chi connectivity index (χ0v) is 20.1. The van der Waals surface area contributed by atoms with Crippen molar-refractivity contribution in [1.29, 1.82) is 0 Å². The molecule has 3 saturated heterocycles. The Balaban J connectivity index is 1.19. The van der Waals surface area contributed by atoms with Gasteiger partial charge in [0.25, 0.3) is 0 Å². The first-order chi connectivity index (χ1) is 16.6. The van der Waals surface area contributed by atoms with Crippen molar-refractivity contribution >= 4 is 33.1 Å². The summed E-state index contributed by atoms with van der Waals surface area (Å²) in [5.41, 5.74) is 5.80. The molecule has 1 amide bonds. The quantitative estimate of drug-likeness (QED) is 0.582. The number of nitrogens with zero attached hydrogens (tertiary/aromatic N) is 4. The minimum absolute atomic E-state index is 0.0694. The number of benzene rings is 1. The molecule has 1 aromatic carbocycles. The summed E-state index contributed by atoms with van der Waals surface area (Å²) in [7, 11) is 0. The summed E-state index contributed by atoms with van der Waals surface area (Å²) in [5, 5.41) is 2.90. The van der Waals surface area contributed by atoms with Crippen LogP contribution in [-0.2, 0) is 9.53 Å². The number of carbonyl (C=O) groups is 1. The van der Waals surface area contributed by atoms with Crippen LogP contribution in [0.1, 0.15) is 13.3 Å². The Morgan fingerprint density at radius 2 is 2.03 bits per heavy atom. The minimum atomic E-state index is -0.0694. The Morgan fingerprint density at radius 1 is 1.18 bits per heavy atom. The van der Waals surface area contributed by atoms with Gasteiger partial charge >= 0.3 is 0 Å². The molecule has 2 aromatic heterocycles. The normalized spacial score (nSPS) is 22.6. The summed E-state index contributed by atoms with van der Waals surface area (Å²) >= 11 is 1.57. The third kappa shape index (κ3) is 4.23. The van der Waals surface area contributed by atoms with Gasteiger partial charge in [0, 0.05) is 50.6 Å². The fraction of sp³-hybridized carbons (Fsp3) is 0.480. The Bertz CT molecular complexity index is 1170. The van der Waals surface area contributed by atoms with E-state index in [4.69, 9.17) is 14.5 Å². The SMILES string of the molecule is C[C@@H](Oc1cc(-c2ccc(N3CCN(C4COC4)CC3)cn2)cc2ncsc12)C1CNC(=O)C1. The number of nitrogens with one attached hydrogen (secondary N) is 1. The van der Waals surface area contributed by atoms with Crippen molar-refractivity contribution in [3.05, 3.63) is 36.0 Å². The van der Waals surface area contributed by atoms with Crippen molar-refractivity contribution < 1.29 is 14.3 Å². The van der Waals surface area contributed by atoms with E-state index in [2.05, 4.69) is 44.4 Å². The molecule has 6 rings (SSSR count). The highest BCUT2D eigenvalue weighted by molar-refractivity contribution is 7.17. The second kappa shape index (κ2) is 9.13. The zero-order valence-electron chi connectivity index (χ0n) is 19.3. The number of aromatic nitrogens is 2. The molecule has 0 radical (unpaired) electrons. The molecular weight excluding hydrogens is 450 g/mol. The van der Waals surface area contributed by atoms with E-state index in [9.17, 15) is 4.79 Å². The highest BCUT2D eigenvalue weighted by Crippen LogP contribution is 2.36. The highest BCUT2D eigenvalue weighted by Gasteiger charge is 2.30. The summed E-state index contributed by atoms with van der Waals surface area (Å²) in [5.74, 6) is 1.08. The number of rotatable bonds is 6. The van der Waals surface area contributed by atoms with Crippen molar-refractivity contribution in [2.45, 2.75) is 25.5 Å². The number of pyridine rings is 1. The lowest BCUT2D eigenvalue weighted by molar-refractivity contribution is -0.119. The topological polar surface area (TPSA) is 79.8 Å². The maximum Gasteiger partial charge on any atom is 0.220 e. The third-order valence-corrected chi connectivity index (χ3v) is 8.10. The van der Waals surface area contributed by atoms with Crippen LogP contribution in [0.2, 0.25) is 0 Å². The van der Waals surface area contributed by atoms with E-state index in [-0.39, 0.29) is 17.9 Å². The van der Waals surface area contributed by atoms with Gasteiger partial charge in [0.15, 0.2) is 0 Å². The highest BCUT2D eigenvalue weighted by atomic mass is 32.1. The van der Waals surface area contributed by atoms with Gasteiger partial charge < -0.3 is 19.7 Å². The summed E-state index contributed by atoms with van der Waals surface area (Å²) in [6, 6.07) is 8.98. The van der Waals surface area contributed by atoms with Crippen molar-refractivity contribution in [1.82, 2.24) is 20.2 Å². The molecule has 5 heterocycles. The van der Waals surface area contributed by atoms with E-state index in [0.29, 0.717) is 19.0 Å². The molecule has 178 valence electrons. The van der Waals surface area contributed by atoms with Crippen molar-refractivity contribution in [2.75, 3.05) is 50.8 Å². The van der Waals surface area contributed by atoms with Gasteiger partial charge in [0.1, 0.15) is 11.9 Å². The molecule has 0 spiro atoms. The van der Waals surface area contributed by atoms with Crippen LogP contribution in [0.5, 0.6) is 5.75 Å². The number of anilines is 1. The summed E-state index contributed by atoms with van der Waals surface area (Å²) < 4.78 is 12.7. The second-order valence-corrected chi connectivity index (χ2v) is 10.2. The Hall–Kier alpha value is -2.75. The second-order valence-electron chi connectivity index (χ2n) is 9.38. The van der Waals surface area contributed by atoms with Gasteiger partial charge in [-0.3, -0.25) is 14.7 Å². The molecule has 1 unspecified atom stereocenters. The summed E-state index contributed by atoms with van der Waals surface area (Å²) in [4.78, 5) is 25.9. The van der Waals surface area contributed by atoms with E-state index in [1.807, 2.05) is 18.6 Å². The molecule has 8 nitrogen and oxygen atoms in total. The van der Waals surface area contributed by atoms with E-state index in [1.165, 1.54) is 0 Å². The van der Waals surface area contributed by atoms with Crippen LogP contribution >= 0.6 is 11.3 Å². The van der Waals surface area contributed by atoms with E-state index in [1.54, 1.807) is 11.3 Å². The van der Waals surface area contributed by atoms with Gasteiger partial charge in [-0.1, -0.05) is 0 Å². The van der Waals surface area contributed by atoms with E-state index >= 15 is 0 Å². The first kappa shape index (κ1) is 21.8. The van der Waals surface area contributed by atoms with Crippen molar-refractivity contribution in [2.24, 2.45) is 5.92 Å². The molecule has 0 aliphatic carbocycles. The average Bonchev–Trinajstić information content (AvgIpc) is 3.48. The van der Waals surface area contributed by atoms with Crippen molar-refractivity contribution in [3.8, 4) is 17.0 Å². The predicted molar refractivity (Wildman–Crippen MR) is 132 cm³/mol. The Labute approximate surface area is 202 Å². The molecule has 1 N–H and O–H groups in total. The van der Waals surface area contributed by atoms with Gasteiger partial charge in [-0.2, -0.15) is 0 Å². The van der Waals surface area contributed by atoms with E-state index in [0.717, 1.165) is 72.3 Å². The average molecular weight is 480 g/mol. The Kier molecular flexibility index (Phi) is 5.84. The van der Waals surface area contributed by atoms with Gasteiger partial charge in [0.2, 0.25) is 5.91 Å². The number of carbonyl (C=O) groups excluding carboxylic acids is 1. The number of ether oxygens (including phenoxy) is 2. The molecular formula is C25H29N5O3S. The maximum absolute atomic E-state index is 11.6. The number of hydrogen-bond donors (Lipinski definition) is 1. The maximum atomic E-state index is 11.6. The molecule has 0 saturated carbocycles. The summed E-state index contributed by atoms with van der Waals surface area (Å²) in [6.45, 7) is 8.61. The van der Waals surface area contributed by atoms with Gasteiger partial charge in [-0.05, 0) is 31.2 Å². The monoisotopic (exact) mass is 479 g/mol. The van der Waals surface area contributed by atoms with Crippen LogP contribution in [0.3, 0.4) is 0 Å². The molecule has 3 fully saturated rings. The smallest absolute Gasteiger partial charge is 0.220 e.